The number of benzene rings is 8. The average Bonchev–Trinajstić information content (AvgIpc) is 3.53. The molecular formula is C60H52O16P4. The second kappa shape index (κ2) is 19.0. The first-order chi connectivity index (χ1) is 38.2. The predicted molar refractivity (Wildman–Crippen MR) is 299 cm³/mol. The lowest BCUT2D eigenvalue weighted by molar-refractivity contribution is 0.285. The smallest absolute Gasteiger partial charge is 0.386 e. The highest BCUT2D eigenvalue weighted by Crippen LogP contribution is 2.65. The largest absolute Gasteiger partial charge is 0.647 e. The van der Waals surface area contributed by atoms with Crippen molar-refractivity contribution >= 4 is 31.3 Å². The number of hydrogen-bond acceptors (Lipinski definition) is 16. The molecule has 16 nitrogen and oxygen atoms in total. The van der Waals surface area contributed by atoms with Gasteiger partial charge in [0.15, 0.2) is 0 Å². The Morgan fingerprint density at radius 1 is 0.263 bits per heavy atom. The van der Waals surface area contributed by atoms with E-state index in [1.807, 2.05) is 79.7 Å². The molecule has 408 valence electrons. The van der Waals surface area contributed by atoms with Crippen LogP contribution in [0.25, 0.3) is 0 Å². The van der Waals surface area contributed by atoms with E-state index in [0.29, 0.717) is 44.5 Å². The van der Waals surface area contributed by atoms with Crippen molar-refractivity contribution in [3.05, 3.63) is 212 Å². The van der Waals surface area contributed by atoms with Gasteiger partial charge in [0.1, 0.15) is 69.0 Å². The molecule has 20 heteroatoms. The summed E-state index contributed by atoms with van der Waals surface area (Å²) in [4.78, 5) is 0. The molecule has 0 atom stereocenters. The molecule has 1 aliphatic carbocycles. The van der Waals surface area contributed by atoms with Gasteiger partial charge in [0, 0.05) is 92.4 Å². The Labute approximate surface area is 462 Å². The van der Waals surface area contributed by atoms with Crippen LogP contribution in [0.15, 0.2) is 146 Å². The second-order valence-corrected chi connectivity index (χ2v) is 26.5. The quantitative estimate of drug-likeness (QED) is 0.131. The van der Waals surface area contributed by atoms with Crippen molar-refractivity contribution in [2.45, 2.75) is 79.1 Å². The Morgan fingerprint density at radius 2 is 0.412 bits per heavy atom. The summed E-state index contributed by atoms with van der Waals surface area (Å²) in [5.74, 6) is -1.74. The maximum atomic E-state index is 15.6. The van der Waals surface area contributed by atoms with Crippen LogP contribution in [0.3, 0.4) is 0 Å². The van der Waals surface area contributed by atoms with Gasteiger partial charge in [-0.3, -0.25) is 0 Å². The van der Waals surface area contributed by atoms with Crippen molar-refractivity contribution in [2.24, 2.45) is 0 Å². The molecule has 4 aliphatic heterocycles. The molecule has 8 aromatic rings. The van der Waals surface area contributed by atoms with E-state index in [1.54, 1.807) is 97.1 Å². The van der Waals surface area contributed by atoms with Gasteiger partial charge in [-0.1, -0.05) is 98.5 Å². The molecule has 0 saturated heterocycles. The molecule has 13 rings (SSSR count). The van der Waals surface area contributed by atoms with Gasteiger partial charge in [0.25, 0.3) is 0 Å². The van der Waals surface area contributed by atoms with Gasteiger partial charge in [-0.2, -0.15) is 18.3 Å². The first-order valence-corrected chi connectivity index (χ1v) is 31.7. The molecule has 0 amide bonds. The van der Waals surface area contributed by atoms with Crippen molar-refractivity contribution in [1.29, 1.82) is 0 Å². The fourth-order valence-electron chi connectivity index (χ4n) is 10.5. The van der Waals surface area contributed by atoms with Crippen molar-refractivity contribution < 1.29 is 72.5 Å². The standard InChI is InChI=1S/C60H52O16P4/c1-33-9-17-41(18-10-33)65-77(61)69-53-29-55-47-25-45(53)37(5)46-26-48-39(7)50-28-52-40(8)51-27-49(38(47)6)57(73-78(62,71-55)66-42-19-11-34(2)12-20-42)31-59(51)75-80(64,68-44-23-15-36(4)16-24-44)76-60(52)32-58(50)74-79(63,72-56(48)30-54(46)70-77)67-43-21-13-35(3)14-22-43/h9-32,37-40H,1-8H3. The molecule has 0 aromatic heterocycles. The van der Waals surface area contributed by atoms with Crippen LogP contribution in [0.4, 0.5) is 0 Å². The van der Waals surface area contributed by atoms with E-state index in [1.165, 1.54) is 24.3 Å². The first kappa shape index (κ1) is 51.7. The Hall–Kier alpha value is -7.72. The van der Waals surface area contributed by atoms with Crippen molar-refractivity contribution in [3.63, 3.8) is 0 Å². The third-order valence-corrected chi connectivity index (χ3v) is 20.0. The van der Waals surface area contributed by atoms with Crippen LogP contribution in [-0.2, 0) is 18.3 Å². The maximum Gasteiger partial charge on any atom is 0.647 e. The SMILES string of the molecule is Cc1ccc(OP2(=O)Oc3cc4c5cc3C(C)c3cc6c(cc3O2)OP(=O)(Oc2ccc(C)cc2)Oc2cc3c(cc2C6C)C(C)c2cc(c(cc2OP(=O)(Oc2ccc(C)cc2)O3)OP(=O)(Oc2ccc(C)cc2)O4)C5C)cc1. The third-order valence-electron chi connectivity index (χ3n) is 14.9. The van der Waals surface area contributed by atoms with Gasteiger partial charge in [-0.05, 0) is 100 Å². The molecule has 5 aliphatic rings. The molecule has 8 aromatic carbocycles. The summed E-state index contributed by atoms with van der Waals surface area (Å²) in [6.07, 6.45) is 0. The lowest BCUT2D eigenvalue weighted by Crippen LogP contribution is -2.20. The Morgan fingerprint density at radius 3 is 0.562 bits per heavy atom. The lowest BCUT2D eigenvalue weighted by atomic mass is 9.81. The fraction of sp³-hybridized carbons (Fsp3) is 0.200. The molecule has 0 N–H and O–H groups in total. The fourth-order valence-corrected chi connectivity index (χ4v) is 15.7. The molecular weight excluding hydrogens is 1100 g/mol. The van der Waals surface area contributed by atoms with Crippen molar-refractivity contribution in [2.75, 3.05) is 0 Å². The molecule has 4 heterocycles. The summed E-state index contributed by atoms with van der Waals surface area (Å²) in [5, 5.41) is 0. The van der Waals surface area contributed by atoms with Gasteiger partial charge >= 0.3 is 31.3 Å². The predicted octanol–water partition coefficient (Wildman–Crippen LogP) is 17.7. The molecule has 0 saturated carbocycles. The number of phosphoric ester groups is 4. The van der Waals surface area contributed by atoms with Crippen molar-refractivity contribution in [3.8, 4) is 69.0 Å². The zero-order valence-electron chi connectivity index (χ0n) is 44.5. The maximum absolute atomic E-state index is 15.6. The van der Waals surface area contributed by atoms with Crippen LogP contribution in [0.2, 0.25) is 0 Å². The van der Waals surface area contributed by atoms with Crippen LogP contribution in [0, 0.1) is 27.7 Å². The summed E-state index contributed by atoms with van der Waals surface area (Å²) in [7, 11) is -19.3. The Kier molecular flexibility index (Phi) is 12.3. The van der Waals surface area contributed by atoms with E-state index in [9.17, 15) is 0 Å². The minimum Gasteiger partial charge on any atom is -0.386 e. The van der Waals surface area contributed by atoms with Crippen LogP contribution in [-0.4, -0.2) is 0 Å². The molecule has 80 heavy (non-hydrogen) atoms. The van der Waals surface area contributed by atoms with E-state index in [4.69, 9.17) is 54.3 Å². The number of rotatable bonds is 8. The normalized spacial score (nSPS) is 25.2. The zero-order chi connectivity index (χ0) is 55.6. The van der Waals surface area contributed by atoms with E-state index in [-0.39, 0.29) is 69.0 Å². The van der Waals surface area contributed by atoms with E-state index in [2.05, 4.69) is 0 Å². The number of hydrogen-bond donors (Lipinski definition) is 0. The van der Waals surface area contributed by atoms with E-state index < -0.39 is 55.0 Å². The van der Waals surface area contributed by atoms with Crippen LogP contribution >= 0.6 is 31.3 Å². The topological polar surface area (TPSA) is 179 Å². The highest BCUT2D eigenvalue weighted by molar-refractivity contribution is 7.50. The second-order valence-electron chi connectivity index (χ2n) is 20.7. The van der Waals surface area contributed by atoms with Gasteiger partial charge in [0.2, 0.25) is 0 Å². The zero-order valence-corrected chi connectivity index (χ0v) is 48.1. The number of aryl methyl sites for hydroxylation is 4. The summed E-state index contributed by atoms with van der Waals surface area (Å²) < 4.78 is 140. The highest BCUT2D eigenvalue weighted by Gasteiger charge is 2.47. The summed E-state index contributed by atoms with van der Waals surface area (Å²) >= 11 is 0. The molecule has 0 fully saturated rings. The summed E-state index contributed by atoms with van der Waals surface area (Å²) in [6.45, 7) is 15.4. The van der Waals surface area contributed by atoms with Gasteiger partial charge < -0.3 is 54.3 Å². The third kappa shape index (κ3) is 9.52. The molecule has 8 bridgehead atoms. The number of phosphoric acid groups is 4. The van der Waals surface area contributed by atoms with Gasteiger partial charge in [0.05, 0.1) is 0 Å². The molecule has 0 spiro atoms. The lowest BCUT2D eigenvalue weighted by Gasteiger charge is -2.35. The van der Waals surface area contributed by atoms with Crippen LogP contribution < -0.4 is 54.3 Å². The Balaban J connectivity index is 1.11. The minimum atomic E-state index is -4.83. The van der Waals surface area contributed by atoms with Gasteiger partial charge in [-0.15, -0.1) is 0 Å². The van der Waals surface area contributed by atoms with E-state index in [0.717, 1.165) is 22.3 Å². The first-order valence-electron chi connectivity index (χ1n) is 25.9. The van der Waals surface area contributed by atoms with Crippen LogP contribution in [0.5, 0.6) is 69.0 Å². The summed E-state index contributed by atoms with van der Waals surface area (Å²) in [6, 6.07) is 40.8. The minimum absolute atomic E-state index is 0.0147. The van der Waals surface area contributed by atoms with Crippen LogP contribution in [0.1, 0.15) is 118 Å². The molecule has 0 unspecified atom stereocenters. The molecule has 0 radical (unpaired) electrons. The summed E-state index contributed by atoms with van der Waals surface area (Å²) in [5.41, 5.74) is 7.77. The van der Waals surface area contributed by atoms with E-state index >= 15 is 18.3 Å². The van der Waals surface area contributed by atoms with Crippen molar-refractivity contribution in [1.82, 2.24) is 0 Å². The monoisotopic (exact) mass is 1150 g/mol. The highest BCUT2D eigenvalue weighted by atomic mass is 31.2. The average molecular weight is 1150 g/mol. The Bertz CT molecular complexity index is 3400. The van der Waals surface area contributed by atoms with Gasteiger partial charge in [-0.25, -0.2) is 0 Å².